The van der Waals surface area contributed by atoms with Crippen LogP contribution in [0.5, 0.6) is 0 Å². The second-order valence-electron chi connectivity index (χ2n) is 5.58. The maximum atomic E-state index is 5.67. The minimum Gasteiger partial charge on any atom is -0.380 e. The Bertz CT molecular complexity index is 607. The molecule has 1 aromatic carbocycles. The van der Waals surface area contributed by atoms with Gasteiger partial charge < -0.3 is 11.5 Å². The normalized spacial score (nSPS) is 18.8. The van der Waals surface area contributed by atoms with Crippen LogP contribution in [0.25, 0.3) is 0 Å². The molecule has 1 aromatic rings. The van der Waals surface area contributed by atoms with Crippen LogP contribution in [0, 0.1) is 0 Å². The van der Waals surface area contributed by atoms with Crippen LogP contribution >= 0.6 is 0 Å². The molecule has 0 amide bonds. The lowest BCUT2D eigenvalue weighted by molar-refractivity contribution is 0.221. The zero-order chi connectivity index (χ0) is 15.4. The van der Waals surface area contributed by atoms with Crippen molar-refractivity contribution >= 4 is 23.1 Å². The summed E-state index contributed by atoms with van der Waals surface area (Å²) in [6, 6.07) is 8.20. The molecule has 1 saturated heterocycles. The Labute approximate surface area is 129 Å². The number of nitrogens with zero attached hydrogens (tertiary/aromatic N) is 4. The lowest BCUT2D eigenvalue weighted by Crippen LogP contribution is -2.32. The Morgan fingerprint density at radius 2 is 1.82 bits per heavy atom. The molecule has 7 nitrogen and oxygen atoms in total. The average Bonchev–Trinajstić information content (AvgIpc) is 2.85. The van der Waals surface area contributed by atoms with Crippen molar-refractivity contribution in [2.24, 2.45) is 26.8 Å². The Balaban J connectivity index is 1.65. The van der Waals surface area contributed by atoms with Gasteiger partial charge in [-0.3, -0.25) is 10.3 Å². The van der Waals surface area contributed by atoms with Crippen LogP contribution in [0.15, 0.2) is 39.6 Å². The van der Waals surface area contributed by atoms with Crippen LogP contribution in [-0.4, -0.2) is 35.4 Å². The fourth-order valence-electron chi connectivity index (χ4n) is 2.68. The van der Waals surface area contributed by atoms with E-state index in [0.29, 0.717) is 5.71 Å². The summed E-state index contributed by atoms with van der Waals surface area (Å²) in [5.74, 6) is 0.462. The second kappa shape index (κ2) is 6.57. The molecule has 2 aliphatic heterocycles. The number of hydrogen-bond acceptors (Lipinski definition) is 7. The first kappa shape index (κ1) is 14.5. The minimum absolute atomic E-state index is 0.231. The van der Waals surface area contributed by atoms with Gasteiger partial charge in [-0.15, -0.1) is 10.2 Å². The van der Waals surface area contributed by atoms with Crippen molar-refractivity contribution in [3.63, 3.8) is 0 Å². The molecule has 0 aromatic heterocycles. The average molecular weight is 299 g/mol. The van der Waals surface area contributed by atoms with Crippen molar-refractivity contribution in [3.8, 4) is 0 Å². The molecule has 7 heteroatoms. The SMILES string of the molecule is NC1=NN=C(N)C1=NNc1cccc(CN2CCCCC2)c1. The molecule has 5 N–H and O–H groups in total. The Hall–Kier alpha value is -2.41. The summed E-state index contributed by atoms with van der Waals surface area (Å²) in [6.07, 6.45) is 3.94. The van der Waals surface area contributed by atoms with E-state index in [1.54, 1.807) is 0 Å². The minimum atomic E-state index is 0.231. The molecule has 2 aliphatic rings. The predicted molar refractivity (Wildman–Crippen MR) is 89.9 cm³/mol. The number of amidine groups is 2. The van der Waals surface area contributed by atoms with Gasteiger partial charge in [0.2, 0.25) is 0 Å². The van der Waals surface area contributed by atoms with Crippen molar-refractivity contribution < 1.29 is 0 Å². The largest absolute Gasteiger partial charge is 0.380 e. The third kappa shape index (κ3) is 3.43. The van der Waals surface area contributed by atoms with E-state index < -0.39 is 0 Å². The maximum Gasteiger partial charge on any atom is 0.177 e. The molecule has 0 unspecified atom stereocenters. The van der Waals surface area contributed by atoms with Crippen LogP contribution < -0.4 is 16.9 Å². The van der Waals surface area contributed by atoms with E-state index in [4.69, 9.17) is 11.5 Å². The smallest absolute Gasteiger partial charge is 0.177 e. The van der Waals surface area contributed by atoms with Gasteiger partial charge >= 0.3 is 0 Å². The maximum absolute atomic E-state index is 5.67. The molecule has 0 atom stereocenters. The number of hydrogen-bond donors (Lipinski definition) is 3. The van der Waals surface area contributed by atoms with Crippen molar-refractivity contribution in [1.29, 1.82) is 0 Å². The Morgan fingerprint density at radius 3 is 2.55 bits per heavy atom. The van der Waals surface area contributed by atoms with Gasteiger partial charge in [-0.05, 0) is 43.6 Å². The van der Waals surface area contributed by atoms with Gasteiger partial charge in [-0.25, -0.2) is 0 Å². The number of nitrogens with one attached hydrogen (secondary N) is 1. The topological polar surface area (TPSA) is 104 Å². The number of piperidine rings is 1. The molecule has 0 bridgehead atoms. The van der Waals surface area contributed by atoms with Crippen molar-refractivity contribution in [3.05, 3.63) is 29.8 Å². The highest BCUT2D eigenvalue weighted by atomic mass is 15.4. The lowest BCUT2D eigenvalue weighted by Gasteiger charge is -2.26. The van der Waals surface area contributed by atoms with Gasteiger partial charge in [-0.1, -0.05) is 18.6 Å². The van der Waals surface area contributed by atoms with Gasteiger partial charge in [0.25, 0.3) is 0 Å². The zero-order valence-corrected chi connectivity index (χ0v) is 12.5. The monoisotopic (exact) mass is 299 g/mol. The Kier molecular flexibility index (Phi) is 4.34. The van der Waals surface area contributed by atoms with Crippen LogP contribution in [0.2, 0.25) is 0 Å². The predicted octanol–water partition coefficient (Wildman–Crippen LogP) is 1.08. The van der Waals surface area contributed by atoms with Crippen LogP contribution in [0.3, 0.4) is 0 Å². The van der Waals surface area contributed by atoms with Crippen LogP contribution in [-0.2, 0) is 6.54 Å². The molecule has 0 saturated carbocycles. The molecule has 0 radical (unpaired) electrons. The lowest BCUT2D eigenvalue weighted by atomic mass is 10.1. The van der Waals surface area contributed by atoms with Crippen molar-refractivity contribution in [1.82, 2.24) is 4.90 Å². The third-order valence-corrected chi connectivity index (χ3v) is 3.83. The first-order valence-corrected chi connectivity index (χ1v) is 7.55. The molecule has 1 fully saturated rings. The second-order valence-corrected chi connectivity index (χ2v) is 5.58. The fraction of sp³-hybridized carbons (Fsp3) is 0.400. The third-order valence-electron chi connectivity index (χ3n) is 3.83. The van der Waals surface area contributed by atoms with E-state index in [0.717, 1.165) is 12.2 Å². The molecule has 0 aliphatic carbocycles. The zero-order valence-electron chi connectivity index (χ0n) is 12.5. The number of hydrazone groups is 1. The summed E-state index contributed by atoms with van der Waals surface area (Å²) in [5, 5.41) is 11.6. The summed E-state index contributed by atoms with van der Waals surface area (Å²) >= 11 is 0. The van der Waals surface area contributed by atoms with Gasteiger partial charge in [0.1, 0.15) is 0 Å². The van der Waals surface area contributed by atoms with Gasteiger partial charge in [0.05, 0.1) is 5.69 Å². The fourth-order valence-corrected chi connectivity index (χ4v) is 2.68. The number of likely N-dealkylation sites (tertiary alicyclic amines) is 1. The highest BCUT2D eigenvalue weighted by Gasteiger charge is 2.16. The molecule has 0 spiro atoms. The highest BCUT2D eigenvalue weighted by Crippen LogP contribution is 2.16. The molecule has 116 valence electrons. The number of anilines is 1. The van der Waals surface area contributed by atoms with E-state index >= 15 is 0 Å². The molecule has 3 rings (SSSR count). The van der Waals surface area contributed by atoms with Crippen molar-refractivity contribution in [2.75, 3.05) is 18.5 Å². The van der Waals surface area contributed by atoms with Crippen molar-refractivity contribution in [2.45, 2.75) is 25.8 Å². The first-order valence-electron chi connectivity index (χ1n) is 7.55. The van der Waals surface area contributed by atoms with E-state index in [9.17, 15) is 0 Å². The molecular weight excluding hydrogens is 278 g/mol. The molecule has 22 heavy (non-hydrogen) atoms. The van der Waals surface area contributed by atoms with Crippen LogP contribution in [0.4, 0.5) is 5.69 Å². The van der Waals surface area contributed by atoms with Gasteiger partial charge in [-0.2, -0.15) is 5.10 Å². The standard InChI is InChI=1S/C15H21N7/c16-14-13(15(17)21-20-14)19-18-12-6-4-5-11(9-12)10-22-7-2-1-3-8-22/h4-6,9,18H,1-3,7-8,10H2,(H4,16,17,19,20,21). The van der Waals surface area contributed by atoms with E-state index in [1.807, 2.05) is 12.1 Å². The molecule has 2 heterocycles. The quantitative estimate of drug-likeness (QED) is 0.724. The first-order chi connectivity index (χ1) is 10.7. The summed E-state index contributed by atoms with van der Waals surface area (Å²) in [5.41, 5.74) is 16.9. The number of rotatable bonds is 4. The summed E-state index contributed by atoms with van der Waals surface area (Å²) < 4.78 is 0. The number of benzene rings is 1. The molecular formula is C15H21N7. The van der Waals surface area contributed by atoms with Gasteiger partial charge in [0.15, 0.2) is 17.4 Å². The summed E-state index contributed by atoms with van der Waals surface area (Å²) in [6.45, 7) is 3.33. The van der Waals surface area contributed by atoms with Crippen LogP contribution in [0.1, 0.15) is 24.8 Å². The number of nitrogens with two attached hydrogens (primary N) is 2. The van der Waals surface area contributed by atoms with E-state index in [-0.39, 0.29) is 11.7 Å². The summed E-state index contributed by atoms with van der Waals surface area (Å²) in [7, 11) is 0. The highest BCUT2D eigenvalue weighted by molar-refractivity contribution is 6.68. The Morgan fingerprint density at radius 1 is 1.09 bits per heavy atom. The van der Waals surface area contributed by atoms with E-state index in [2.05, 4.69) is 37.8 Å². The van der Waals surface area contributed by atoms with E-state index in [1.165, 1.54) is 37.9 Å². The van der Waals surface area contributed by atoms with Gasteiger partial charge in [0, 0.05) is 6.54 Å². The summed E-state index contributed by atoms with van der Waals surface area (Å²) in [4.78, 5) is 2.49.